The molecular weight excluding hydrogens is 332 g/mol. The number of hydrogen-bond donors (Lipinski definition) is 0. The standard InChI is InChI=1S/C20H28N2O2S/c1-14-7-8-17-15(12-14)13-18(25-17)20(24)22-11-3-2-6-16(22)19(23)21-9-4-5-10-21/h13-14,16H,2-12H2,1H3. The molecule has 0 aromatic carbocycles. The van der Waals surface area contributed by atoms with Gasteiger partial charge >= 0.3 is 0 Å². The van der Waals surface area contributed by atoms with Crippen LogP contribution in [-0.4, -0.2) is 47.3 Å². The number of nitrogens with zero attached hydrogens (tertiary/aromatic N) is 2. The summed E-state index contributed by atoms with van der Waals surface area (Å²) in [7, 11) is 0. The summed E-state index contributed by atoms with van der Waals surface area (Å²) in [6.45, 7) is 4.74. The highest BCUT2D eigenvalue weighted by molar-refractivity contribution is 7.14. The van der Waals surface area contributed by atoms with E-state index < -0.39 is 0 Å². The minimum Gasteiger partial charge on any atom is -0.341 e. The minimum atomic E-state index is -0.239. The van der Waals surface area contributed by atoms with Crippen molar-refractivity contribution in [1.29, 1.82) is 0 Å². The van der Waals surface area contributed by atoms with Crippen LogP contribution in [0.5, 0.6) is 0 Å². The first kappa shape index (κ1) is 17.1. The SMILES string of the molecule is CC1CCc2sc(C(=O)N3CCCCC3C(=O)N3CCCC3)cc2C1. The third-order valence-corrected chi connectivity index (χ3v) is 7.23. The molecule has 4 nitrogen and oxygen atoms in total. The van der Waals surface area contributed by atoms with Crippen molar-refractivity contribution in [3.63, 3.8) is 0 Å². The molecule has 136 valence electrons. The molecule has 5 heteroatoms. The molecule has 1 aromatic rings. The van der Waals surface area contributed by atoms with Crippen LogP contribution in [0.1, 0.15) is 65.6 Å². The van der Waals surface area contributed by atoms with E-state index in [1.54, 1.807) is 11.3 Å². The van der Waals surface area contributed by atoms with Crippen molar-refractivity contribution in [3.05, 3.63) is 21.4 Å². The molecule has 0 saturated carbocycles. The number of carbonyl (C=O) groups excluding carboxylic acids is 2. The van der Waals surface area contributed by atoms with Crippen LogP contribution in [0.15, 0.2) is 6.07 Å². The van der Waals surface area contributed by atoms with E-state index in [0.29, 0.717) is 5.92 Å². The van der Waals surface area contributed by atoms with Crippen molar-refractivity contribution in [3.8, 4) is 0 Å². The molecular formula is C20H28N2O2S. The maximum Gasteiger partial charge on any atom is 0.264 e. The van der Waals surface area contributed by atoms with Gasteiger partial charge in [0, 0.05) is 24.5 Å². The topological polar surface area (TPSA) is 40.6 Å². The van der Waals surface area contributed by atoms with E-state index in [4.69, 9.17) is 0 Å². The van der Waals surface area contributed by atoms with Gasteiger partial charge in [0.05, 0.1) is 4.88 Å². The highest BCUT2D eigenvalue weighted by Crippen LogP contribution is 2.34. The Labute approximate surface area is 154 Å². The molecule has 25 heavy (non-hydrogen) atoms. The van der Waals surface area contributed by atoms with Crippen molar-refractivity contribution >= 4 is 23.2 Å². The van der Waals surface area contributed by atoms with Crippen molar-refractivity contribution in [1.82, 2.24) is 9.80 Å². The van der Waals surface area contributed by atoms with Gasteiger partial charge in [0.25, 0.3) is 5.91 Å². The van der Waals surface area contributed by atoms with Crippen LogP contribution in [0.25, 0.3) is 0 Å². The Kier molecular flexibility index (Phi) is 4.85. The second-order valence-corrected chi connectivity index (χ2v) is 9.09. The fourth-order valence-corrected chi connectivity index (χ4v) is 5.70. The monoisotopic (exact) mass is 360 g/mol. The van der Waals surface area contributed by atoms with Gasteiger partial charge in [-0.2, -0.15) is 0 Å². The molecule has 0 spiro atoms. The summed E-state index contributed by atoms with van der Waals surface area (Å²) in [5.41, 5.74) is 1.37. The van der Waals surface area contributed by atoms with Crippen LogP contribution in [0, 0.1) is 5.92 Å². The highest BCUT2D eigenvalue weighted by Gasteiger charge is 2.36. The van der Waals surface area contributed by atoms with E-state index in [2.05, 4.69) is 13.0 Å². The van der Waals surface area contributed by atoms with Gasteiger partial charge < -0.3 is 9.80 Å². The Bertz CT molecular complexity index is 663. The van der Waals surface area contributed by atoms with Crippen molar-refractivity contribution < 1.29 is 9.59 Å². The number of carbonyl (C=O) groups is 2. The third kappa shape index (κ3) is 3.35. The molecule has 1 aliphatic carbocycles. The number of thiophene rings is 1. The molecule has 2 unspecified atom stereocenters. The predicted octanol–water partition coefficient (Wildman–Crippen LogP) is 3.49. The van der Waals surface area contributed by atoms with Gasteiger partial charge in [-0.25, -0.2) is 0 Å². The minimum absolute atomic E-state index is 0.0873. The summed E-state index contributed by atoms with van der Waals surface area (Å²) < 4.78 is 0. The molecule has 2 atom stereocenters. The molecule has 3 heterocycles. The first-order valence-electron chi connectivity index (χ1n) is 9.85. The lowest BCUT2D eigenvalue weighted by atomic mass is 9.90. The van der Waals surface area contributed by atoms with E-state index in [0.717, 1.165) is 69.5 Å². The van der Waals surface area contributed by atoms with E-state index in [1.165, 1.54) is 16.9 Å². The van der Waals surface area contributed by atoms with Crippen molar-refractivity contribution in [2.75, 3.05) is 19.6 Å². The van der Waals surface area contributed by atoms with E-state index in [1.807, 2.05) is 9.80 Å². The van der Waals surface area contributed by atoms with Crippen LogP contribution < -0.4 is 0 Å². The number of rotatable bonds is 2. The Hall–Kier alpha value is -1.36. The summed E-state index contributed by atoms with van der Waals surface area (Å²) in [5.74, 6) is 0.981. The second-order valence-electron chi connectivity index (χ2n) is 7.95. The zero-order valence-corrected chi connectivity index (χ0v) is 15.9. The lowest BCUT2D eigenvalue weighted by molar-refractivity contribution is -0.136. The van der Waals surface area contributed by atoms with Gasteiger partial charge in [-0.1, -0.05) is 6.92 Å². The Morgan fingerprint density at radius 2 is 1.84 bits per heavy atom. The Balaban J connectivity index is 1.54. The molecule has 3 aliphatic rings. The van der Waals surface area contributed by atoms with E-state index in [9.17, 15) is 9.59 Å². The summed E-state index contributed by atoms with van der Waals surface area (Å²) in [6.07, 6.45) is 8.50. The van der Waals surface area contributed by atoms with Gasteiger partial charge in [-0.3, -0.25) is 9.59 Å². The molecule has 2 fully saturated rings. The Morgan fingerprint density at radius 1 is 1.08 bits per heavy atom. The molecule has 0 bridgehead atoms. The van der Waals surface area contributed by atoms with Gasteiger partial charge in [0.15, 0.2) is 0 Å². The third-order valence-electron chi connectivity index (χ3n) is 6.01. The molecule has 0 N–H and O–H groups in total. The first-order valence-corrected chi connectivity index (χ1v) is 10.7. The number of likely N-dealkylation sites (tertiary alicyclic amines) is 2. The van der Waals surface area contributed by atoms with Crippen LogP contribution >= 0.6 is 11.3 Å². The Morgan fingerprint density at radius 3 is 2.64 bits per heavy atom. The quantitative estimate of drug-likeness (QED) is 0.810. The number of aryl methyl sites for hydroxylation is 1. The summed E-state index contributed by atoms with van der Waals surface area (Å²) in [6, 6.07) is 1.88. The molecule has 4 rings (SSSR count). The van der Waals surface area contributed by atoms with Crippen LogP contribution in [0.3, 0.4) is 0 Å². The van der Waals surface area contributed by atoms with Crippen molar-refractivity contribution in [2.45, 2.75) is 64.3 Å². The number of amides is 2. The molecule has 2 saturated heterocycles. The molecule has 2 amide bonds. The van der Waals surface area contributed by atoms with Crippen LogP contribution in [0.2, 0.25) is 0 Å². The fourth-order valence-electron chi connectivity index (χ4n) is 4.53. The van der Waals surface area contributed by atoms with E-state index in [-0.39, 0.29) is 17.9 Å². The predicted molar refractivity (Wildman–Crippen MR) is 100.0 cm³/mol. The maximum atomic E-state index is 13.2. The zero-order chi connectivity index (χ0) is 17.4. The van der Waals surface area contributed by atoms with Crippen molar-refractivity contribution in [2.24, 2.45) is 5.92 Å². The van der Waals surface area contributed by atoms with Gasteiger partial charge in [-0.05, 0) is 68.9 Å². The smallest absolute Gasteiger partial charge is 0.264 e. The number of piperidine rings is 1. The molecule has 2 aliphatic heterocycles. The average molecular weight is 361 g/mol. The zero-order valence-electron chi connectivity index (χ0n) is 15.1. The van der Waals surface area contributed by atoms with Gasteiger partial charge in [-0.15, -0.1) is 11.3 Å². The lowest BCUT2D eigenvalue weighted by Gasteiger charge is -2.36. The van der Waals surface area contributed by atoms with Gasteiger partial charge in [0.1, 0.15) is 6.04 Å². The molecule has 1 aromatic heterocycles. The largest absolute Gasteiger partial charge is 0.341 e. The molecule has 0 radical (unpaired) electrons. The van der Waals surface area contributed by atoms with Crippen LogP contribution in [-0.2, 0) is 17.6 Å². The second kappa shape index (κ2) is 7.10. The fraction of sp³-hybridized carbons (Fsp3) is 0.700. The first-order chi connectivity index (χ1) is 12.1. The summed E-state index contributed by atoms with van der Waals surface area (Å²) >= 11 is 1.67. The number of fused-ring (bicyclic) bond motifs is 1. The van der Waals surface area contributed by atoms with Gasteiger partial charge in [0.2, 0.25) is 5.91 Å². The lowest BCUT2D eigenvalue weighted by Crippen LogP contribution is -2.52. The highest BCUT2D eigenvalue weighted by atomic mass is 32.1. The van der Waals surface area contributed by atoms with E-state index >= 15 is 0 Å². The normalized spacial score (nSPS) is 26.6. The summed E-state index contributed by atoms with van der Waals surface area (Å²) in [4.78, 5) is 32.2. The maximum absolute atomic E-state index is 13.2. The summed E-state index contributed by atoms with van der Waals surface area (Å²) in [5, 5.41) is 0. The average Bonchev–Trinajstić information content (AvgIpc) is 3.29. The number of hydrogen-bond acceptors (Lipinski definition) is 3. The van der Waals surface area contributed by atoms with Crippen LogP contribution in [0.4, 0.5) is 0 Å².